The van der Waals surface area contributed by atoms with E-state index >= 15 is 0 Å². The van der Waals surface area contributed by atoms with Gasteiger partial charge in [-0.05, 0) is 19.3 Å². The van der Waals surface area contributed by atoms with Gasteiger partial charge in [0, 0.05) is 19.6 Å². The van der Waals surface area contributed by atoms with E-state index in [0.717, 1.165) is 0 Å². The van der Waals surface area contributed by atoms with Gasteiger partial charge in [0.2, 0.25) is 5.91 Å². The number of piperidine rings is 1. The molecule has 0 aliphatic carbocycles. The fraction of sp³-hybridized carbons (Fsp3) is 0.909. The van der Waals surface area contributed by atoms with Crippen LogP contribution in [0, 0.1) is 5.92 Å². The number of halogens is 3. The molecule has 0 saturated carbocycles. The molecule has 104 valence electrons. The van der Waals surface area contributed by atoms with Crippen LogP contribution < -0.4 is 5.32 Å². The Morgan fingerprint density at radius 1 is 1.39 bits per heavy atom. The van der Waals surface area contributed by atoms with Crippen molar-refractivity contribution in [2.45, 2.75) is 37.6 Å². The minimum absolute atomic E-state index is 0.0913. The first-order valence-corrected chi connectivity index (χ1v) is 6.15. The van der Waals surface area contributed by atoms with E-state index in [1.807, 2.05) is 0 Å². The van der Waals surface area contributed by atoms with Gasteiger partial charge in [0.15, 0.2) is 0 Å². The van der Waals surface area contributed by atoms with Crippen LogP contribution in [0.2, 0.25) is 0 Å². The zero-order chi connectivity index (χ0) is 13.3. The molecule has 2 aliphatic rings. The third-order valence-corrected chi connectivity index (χ3v) is 3.60. The summed E-state index contributed by atoms with van der Waals surface area (Å²) in [5.41, 5.74) is 0. The molecule has 2 rings (SSSR count). The molecule has 0 aromatic heterocycles. The van der Waals surface area contributed by atoms with Crippen LogP contribution in [-0.2, 0) is 4.79 Å². The van der Waals surface area contributed by atoms with Gasteiger partial charge in [0.05, 0.1) is 18.1 Å². The molecule has 2 fully saturated rings. The van der Waals surface area contributed by atoms with Gasteiger partial charge in [-0.3, -0.25) is 4.79 Å². The third kappa shape index (κ3) is 2.95. The highest BCUT2D eigenvalue weighted by Gasteiger charge is 2.43. The number of nitrogens with zero attached hydrogens (tertiary/aromatic N) is 1. The van der Waals surface area contributed by atoms with Crippen molar-refractivity contribution < 1.29 is 23.1 Å². The second-order valence-electron chi connectivity index (χ2n) is 5.02. The molecule has 4 nitrogen and oxygen atoms in total. The normalized spacial score (nSPS) is 33.8. The van der Waals surface area contributed by atoms with Crippen LogP contribution in [0.15, 0.2) is 0 Å². The monoisotopic (exact) mass is 266 g/mol. The summed E-state index contributed by atoms with van der Waals surface area (Å²) < 4.78 is 37.9. The van der Waals surface area contributed by atoms with E-state index in [9.17, 15) is 23.1 Å². The molecule has 2 aliphatic heterocycles. The molecule has 0 aromatic rings. The van der Waals surface area contributed by atoms with Gasteiger partial charge in [-0.15, -0.1) is 0 Å². The molecule has 0 aromatic carbocycles. The summed E-state index contributed by atoms with van der Waals surface area (Å²) in [4.78, 5) is 13.3. The molecule has 2 heterocycles. The Bertz CT molecular complexity index is 322. The van der Waals surface area contributed by atoms with Gasteiger partial charge < -0.3 is 15.3 Å². The summed E-state index contributed by atoms with van der Waals surface area (Å²) in [7, 11) is 0. The second-order valence-corrected chi connectivity index (χ2v) is 5.02. The lowest BCUT2D eigenvalue weighted by Crippen LogP contribution is -2.50. The third-order valence-electron chi connectivity index (χ3n) is 3.60. The molecule has 0 radical (unpaired) electrons. The Kier molecular flexibility index (Phi) is 3.82. The SMILES string of the molecule is O=C(C1CC(O)CN1)N1CCCC(C(F)(F)F)C1. The van der Waals surface area contributed by atoms with E-state index < -0.39 is 24.2 Å². The van der Waals surface area contributed by atoms with Crippen molar-refractivity contribution in [3.8, 4) is 0 Å². The van der Waals surface area contributed by atoms with Gasteiger partial charge in [0.1, 0.15) is 0 Å². The van der Waals surface area contributed by atoms with Crippen molar-refractivity contribution in [2.24, 2.45) is 5.92 Å². The Balaban J connectivity index is 1.94. The number of hydrogen-bond acceptors (Lipinski definition) is 3. The first-order valence-electron chi connectivity index (χ1n) is 6.15. The Labute approximate surface area is 103 Å². The highest BCUT2D eigenvalue weighted by atomic mass is 19.4. The van der Waals surface area contributed by atoms with Crippen LogP contribution in [0.4, 0.5) is 13.2 Å². The van der Waals surface area contributed by atoms with Crippen molar-refractivity contribution in [3.63, 3.8) is 0 Å². The molecule has 7 heteroatoms. The fourth-order valence-electron chi connectivity index (χ4n) is 2.57. The molecule has 1 amide bonds. The van der Waals surface area contributed by atoms with Gasteiger partial charge in [0.25, 0.3) is 0 Å². The number of aliphatic hydroxyl groups is 1. The van der Waals surface area contributed by atoms with E-state index in [1.54, 1.807) is 0 Å². The van der Waals surface area contributed by atoms with Crippen molar-refractivity contribution in [1.29, 1.82) is 0 Å². The molecule has 0 bridgehead atoms. The highest BCUT2D eigenvalue weighted by Crippen LogP contribution is 2.33. The summed E-state index contributed by atoms with van der Waals surface area (Å²) in [5, 5.41) is 12.1. The Morgan fingerprint density at radius 3 is 2.67 bits per heavy atom. The van der Waals surface area contributed by atoms with E-state index in [2.05, 4.69) is 5.32 Å². The topological polar surface area (TPSA) is 52.6 Å². The number of amides is 1. The van der Waals surface area contributed by atoms with Crippen LogP contribution >= 0.6 is 0 Å². The zero-order valence-corrected chi connectivity index (χ0v) is 9.91. The summed E-state index contributed by atoms with van der Waals surface area (Å²) in [5.74, 6) is -1.73. The van der Waals surface area contributed by atoms with E-state index in [0.29, 0.717) is 19.5 Å². The van der Waals surface area contributed by atoms with Crippen LogP contribution in [0.5, 0.6) is 0 Å². The largest absolute Gasteiger partial charge is 0.393 e. The van der Waals surface area contributed by atoms with Crippen LogP contribution in [0.3, 0.4) is 0 Å². The minimum atomic E-state index is -4.23. The molecule has 2 saturated heterocycles. The molecular weight excluding hydrogens is 249 g/mol. The van der Waals surface area contributed by atoms with Crippen molar-refractivity contribution in [3.05, 3.63) is 0 Å². The van der Waals surface area contributed by atoms with Gasteiger partial charge in [-0.1, -0.05) is 0 Å². The summed E-state index contributed by atoms with van der Waals surface area (Å²) in [6, 6.07) is -0.535. The maximum atomic E-state index is 12.6. The second kappa shape index (κ2) is 5.05. The smallest absolute Gasteiger partial charge is 0.392 e. The summed E-state index contributed by atoms with van der Waals surface area (Å²) in [6.07, 6.45) is -4.06. The minimum Gasteiger partial charge on any atom is -0.392 e. The maximum Gasteiger partial charge on any atom is 0.393 e. The van der Waals surface area contributed by atoms with Crippen molar-refractivity contribution in [1.82, 2.24) is 10.2 Å². The number of alkyl halides is 3. The molecule has 3 atom stereocenters. The van der Waals surface area contributed by atoms with Gasteiger partial charge >= 0.3 is 6.18 Å². The average molecular weight is 266 g/mol. The predicted octanol–water partition coefficient (Wildman–Crippen LogP) is 0.510. The lowest BCUT2D eigenvalue weighted by molar-refractivity contribution is -0.188. The fourth-order valence-corrected chi connectivity index (χ4v) is 2.57. The number of aliphatic hydroxyl groups excluding tert-OH is 1. The first-order chi connectivity index (χ1) is 8.38. The summed E-state index contributed by atoms with van der Waals surface area (Å²) in [6.45, 7) is 0.448. The molecule has 18 heavy (non-hydrogen) atoms. The number of carbonyl (C=O) groups is 1. The quantitative estimate of drug-likeness (QED) is 0.727. The Hall–Kier alpha value is -0.820. The van der Waals surface area contributed by atoms with E-state index in [4.69, 9.17) is 0 Å². The number of β-amino-alcohol motifs (C(OH)–C–C–N with tert-alkyl or cyclic N) is 1. The number of hydrogen-bond donors (Lipinski definition) is 2. The standard InChI is InChI=1S/C11H17F3N2O2/c12-11(13,14)7-2-1-3-16(6-7)10(18)9-4-8(17)5-15-9/h7-9,15,17H,1-6H2. The molecule has 3 unspecified atom stereocenters. The molecule has 0 spiro atoms. The van der Waals surface area contributed by atoms with Crippen LogP contribution in [0.25, 0.3) is 0 Å². The van der Waals surface area contributed by atoms with Crippen molar-refractivity contribution in [2.75, 3.05) is 19.6 Å². The van der Waals surface area contributed by atoms with E-state index in [-0.39, 0.29) is 25.3 Å². The number of rotatable bonds is 1. The average Bonchev–Trinajstić information content (AvgIpc) is 2.74. The lowest BCUT2D eigenvalue weighted by atomic mass is 9.97. The van der Waals surface area contributed by atoms with Crippen molar-refractivity contribution >= 4 is 5.91 Å². The zero-order valence-electron chi connectivity index (χ0n) is 9.91. The number of carbonyl (C=O) groups excluding carboxylic acids is 1. The van der Waals surface area contributed by atoms with E-state index in [1.165, 1.54) is 4.90 Å². The van der Waals surface area contributed by atoms with Gasteiger partial charge in [-0.2, -0.15) is 13.2 Å². The number of likely N-dealkylation sites (tertiary alicyclic amines) is 1. The van der Waals surface area contributed by atoms with Gasteiger partial charge in [-0.25, -0.2) is 0 Å². The lowest BCUT2D eigenvalue weighted by Gasteiger charge is -2.35. The first kappa shape index (κ1) is 13.6. The molecular formula is C11H17F3N2O2. The maximum absolute atomic E-state index is 12.6. The molecule has 2 N–H and O–H groups in total. The Morgan fingerprint density at radius 2 is 2.11 bits per heavy atom. The highest BCUT2D eigenvalue weighted by molar-refractivity contribution is 5.82. The van der Waals surface area contributed by atoms with Crippen LogP contribution in [0.1, 0.15) is 19.3 Å². The van der Waals surface area contributed by atoms with Crippen LogP contribution in [-0.4, -0.2) is 53.9 Å². The number of nitrogens with one attached hydrogen (secondary N) is 1. The summed E-state index contributed by atoms with van der Waals surface area (Å²) >= 11 is 0. The predicted molar refractivity (Wildman–Crippen MR) is 57.8 cm³/mol.